The van der Waals surface area contributed by atoms with Crippen LogP contribution >= 0.6 is 11.8 Å². The van der Waals surface area contributed by atoms with Crippen LogP contribution in [0.1, 0.15) is 0 Å². The third-order valence-corrected chi connectivity index (χ3v) is 2.75. The van der Waals surface area contributed by atoms with Gasteiger partial charge in [-0.25, -0.2) is 9.59 Å². The van der Waals surface area contributed by atoms with E-state index < -0.39 is 5.91 Å². The number of hydrogen-bond donors (Lipinski definition) is 0. The van der Waals surface area contributed by atoms with Crippen LogP contribution in [-0.4, -0.2) is 58.5 Å². The Hall–Kier alpha value is -1.50. The number of amides is 3. The Labute approximate surface area is 90.4 Å². The van der Waals surface area contributed by atoms with Crippen molar-refractivity contribution in [3.05, 3.63) is 0 Å². The van der Waals surface area contributed by atoms with Crippen molar-refractivity contribution in [2.24, 2.45) is 9.98 Å². The van der Waals surface area contributed by atoms with E-state index in [1.165, 1.54) is 23.4 Å². The van der Waals surface area contributed by atoms with Crippen molar-refractivity contribution in [1.82, 2.24) is 4.90 Å². The van der Waals surface area contributed by atoms with Crippen molar-refractivity contribution in [2.75, 3.05) is 20.4 Å². The molecule has 3 amide bonds. The van der Waals surface area contributed by atoms with Crippen molar-refractivity contribution in [1.29, 1.82) is 0 Å². The molecule has 2 aliphatic heterocycles. The van der Waals surface area contributed by atoms with E-state index >= 15 is 0 Å². The van der Waals surface area contributed by atoms with Gasteiger partial charge in [-0.2, -0.15) is 14.5 Å². The lowest BCUT2D eigenvalue weighted by Crippen LogP contribution is -2.51. The average Bonchev–Trinajstić information content (AvgIpc) is 2.67. The van der Waals surface area contributed by atoms with Crippen LogP contribution < -0.4 is 0 Å². The third-order valence-electron chi connectivity index (χ3n) is 2.20. The van der Waals surface area contributed by atoms with E-state index in [-0.39, 0.29) is 11.7 Å². The Morgan fingerprint density at radius 1 is 1.33 bits per heavy atom. The van der Waals surface area contributed by atoms with Gasteiger partial charge in [0.1, 0.15) is 0 Å². The van der Waals surface area contributed by atoms with E-state index in [2.05, 4.69) is 9.98 Å². The average molecular weight is 225 g/mol. The van der Waals surface area contributed by atoms with Crippen molar-refractivity contribution < 1.29 is 14.2 Å². The van der Waals surface area contributed by atoms with Crippen LogP contribution in [0.2, 0.25) is 0 Å². The van der Waals surface area contributed by atoms with Gasteiger partial charge in [0.25, 0.3) is 5.17 Å². The molecular weight excluding hydrogens is 216 g/mol. The number of carbonyl (C=O) groups excluding carboxylic acids is 2. The Kier molecular flexibility index (Phi) is 2.18. The molecule has 0 N–H and O–H groups in total. The zero-order valence-corrected chi connectivity index (χ0v) is 9.33. The highest BCUT2D eigenvalue weighted by molar-refractivity contribution is 8.13. The van der Waals surface area contributed by atoms with Gasteiger partial charge in [-0.05, 0) is 6.26 Å². The Balaban J connectivity index is 2.59. The molecule has 0 saturated heterocycles. The second-order valence-electron chi connectivity index (χ2n) is 3.09. The van der Waals surface area contributed by atoms with E-state index in [9.17, 15) is 9.59 Å². The lowest BCUT2D eigenvalue weighted by atomic mass is 10.2. The number of amidine groups is 2. The lowest BCUT2D eigenvalue weighted by Gasteiger charge is -2.15. The van der Waals surface area contributed by atoms with Crippen LogP contribution in [0.3, 0.4) is 0 Å². The minimum absolute atomic E-state index is 0.240. The minimum atomic E-state index is -0.402. The topological polar surface area (TPSA) is 65.1 Å². The number of carbonyl (C=O) groups is 2. The highest BCUT2D eigenvalue weighted by atomic mass is 32.2. The standard InChI is InChI=1S/C8H9N4O2S/c1-11-5-4(9-7(10-5)15-3)6(13)12(2)8(11)14/h1-3H3/q+1. The number of thioether (sulfide) groups is 1. The number of aliphatic imine (C=N–C) groups is 2. The molecule has 0 bridgehead atoms. The first kappa shape index (κ1) is 10.0. The molecule has 0 aromatic rings. The zero-order valence-electron chi connectivity index (χ0n) is 8.51. The normalized spacial score (nSPS) is 20.6. The molecule has 2 aliphatic rings. The summed E-state index contributed by atoms with van der Waals surface area (Å²) in [5, 5.41) is 0.503. The lowest BCUT2D eigenvalue weighted by molar-refractivity contribution is -0.401. The predicted molar refractivity (Wildman–Crippen MR) is 57.7 cm³/mol. The van der Waals surface area contributed by atoms with Crippen molar-refractivity contribution in [2.45, 2.75) is 0 Å². The van der Waals surface area contributed by atoms with Crippen LogP contribution in [-0.2, 0) is 4.79 Å². The first-order valence-electron chi connectivity index (χ1n) is 4.20. The zero-order chi connectivity index (χ0) is 11.2. The third kappa shape index (κ3) is 1.30. The maximum atomic E-state index is 11.7. The fraction of sp³-hybridized carbons (Fsp3) is 0.375. The van der Waals surface area contributed by atoms with Crippen LogP contribution in [0.15, 0.2) is 9.98 Å². The van der Waals surface area contributed by atoms with Gasteiger partial charge in [0.15, 0.2) is 0 Å². The predicted octanol–water partition coefficient (Wildman–Crippen LogP) is -0.207. The van der Waals surface area contributed by atoms with Crippen molar-refractivity contribution in [3.63, 3.8) is 0 Å². The summed E-state index contributed by atoms with van der Waals surface area (Å²) < 4.78 is 1.32. The molecule has 2 rings (SSSR count). The van der Waals surface area contributed by atoms with Gasteiger partial charge in [0.2, 0.25) is 5.71 Å². The summed E-state index contributed by atoms with van der Waals surface area (Å²) in [6, 6.07) is -0.389. The maximum absolute atomic E-state index is 11.7. The molecular formula is C8H9N4O2S+. The Bertz CT molecular complexity index is 463. The smallest absolute Gasteiger partial charge is 0.248 e. The van der Waals surface area contributed by atoms with Gasteiger partial charge in [-0.15, -0.1) is 0 Å². The molecule has 15 heavy (non-hydrogen) atoms. The number of imide groups is 1. The molecule has 78 valence electrons. The maximum Gasteiger partial charge on any atom is 0.446 e. The molecule has 7 heteroatoms. The largest absolute Gasteiger partial charge is 0.446 e. The van der Waals surface area contributed by atoms with Crippen LogP contribution in [0, 0.1) is 0 Å². The van der Waals surface area contributed by atoms with Crippen LogP contribution in [0.4, 0.5) is 4.79 Å². The van der Waals surface area contributed by atoms with Gasteiger partial charge in [0, 0.05) is 0 Å². The van der Waals surface area contributed by atoms with Crippen molar-refractivity contribution in [3.8, 4) is 0 Å². The summed E-state index contributed by atoms with van der Waals surface area (Å²) >= 11 is 1.34. The molecule has 0 atom stereocenters. The van der Waals surface area contributed by atoms with E-state index in [0.29, 0.717) is 11.0 Å². The van der Waals surface area contributed by atoms with Gasteiger partial charge in [0.05, 0.1) is 14.1 Å². The second-order valence-corrected chi connectivity index (χ2v) is 3.86. The van der Waals surface area contributed by atoms with Gasteiger partial charge in [-0.3, -0.25) is 0 Å². The molecule has 6 nitrogen and oxygen atoms in total. The Morgan fingerprint density at radius 2 is 2.00 bits per heavy atom. The van der Waals surface area contributed by atoms with Crippen molar-refractivity contribution >= 4 is 40.4 Å². The quantitative estimate of drug-likeness (QED) is 0.536. The molecule has 0 unspecified atom stereocenters. The SMILES string of the molecule is CSC1=NC2=[N+](C)C(=O)N(C)C(=O)C2=N1. The number of nitrogens with zero attached hydrogens (tertiary/aromatic N) is 4. The molecule has 0 saturated carbocycles. The van der Waals surface area contributed by atoms with Gasteiger partial charge < -0.3 is 0 Å². The molecule has 0 radical (unpaired) electrons. The van der Waals surface area contributed by atoms with Gasteiger partial charge >= 0.3 is 17.8 Å². The summed E-state index contributed by atoms with van der Waals surface area (Å²) in [6.45, 7) is 0. The molecule has 0 aromatic carbocycles. The first-order chi connectivity index (χ1) is 7.06. The van der Waals surface area contributed by atoms with Crippen LogP contribution in [0.25, 0.3) is 0 Å². The summed E-state index contributed by atoms with van der Waals surface area (Å²) in [4.78, 5) is 32.4. The minimum Gasteiger partial charge on any atom is -0.248 e. The summed E-state index contributed by atoms with van der Waals surface area (Å²) in [5.74, 6) is -0.0617. The fourth-order valence-corrected chi connectivity index (χ4v) is 1.70. The molecule has 0 aromatic heterocycles. The molecule has 2 heterocycles. The number of fused-ring (bicyclic) bond motifs is 1. The van der Waals surface area contributed by atoms with Crippen LogP contribution in [0.5, 0.6) is 0 Å². The van der Waals surface area contributed by atoms with E-state index in [1.54, 1.807) is 7.05 Å². The highest BCUT2D eigenvalue weighted by Gasteiger charge is 2.44. The monoisotopic (exact) mass is 225 g/mol. The fourth-order valence-electron chi connectivity index (χ4n) is 1.34. The number of urea groups is 1. The molecule has 0 spiro atoms. The molecule has 0 fully saturated rings. The van der Waals surface area contributed by atoms with E-state index in [1.807, 2.05) is 6.26 Å². The summed E-state index contributed by atoms with van der Waals surface area (Å²) in [5.41, 5.74) is 0.240. The summed E-state index contributed by atoms with van der Waals surface area (Å²) in [6.07, 6.45) is 1.82. The number of rotatable bonds is 0. The highest BCUT2D eigenvalue weighted by Crippen LogP contribution is 2.14. The second kappa shape index (κ2) is 3.27. The van der Waals surface area contributed by atoms with E-state index in [4.69, 9.17) is 0 Å². The first-order valence-corrected chi connectivity index (χ1v) is 5.43. The summed E-state index contributed by atoms with van der Waals surface area (Å²) in [7, 11) is 3.00. The van der Waals surface area contributed by atoms with E-state index in [0.717, 1.165) is 4.90 Å². The number of hydrogen-bond acceptors (Lipinski definition) is 5. The Morgan fingerprint density at radius 3 is 2.60 bits per heavy atom. The molecule has 0 aliphatic carbocycles. The van der Waals surface area contributed by atoms with Gasteiger partial charge in [-0.1, -0.05) is 16.8 Å².